The van der Waals surface area contributed by atoms with Gasteiger partial charge in [0.1, 0.15) is 11.4 Å². The molecule has 0 aromatic heterocycles. The summed E-state index contributed by atoms with van der Waals surface area (Å²) >= 11 is 5.17. The quantitative estimate of drug-likeness (QED) is 0.756. The number of methoxy groups -OCH3 is 1. The average Bonchev–Trinajstić information content (AvgIpc) is 2.54. The lowest BCUT2D eigenvalue weighted by Crippen LogP contribution is -2.44. The van der Waals surface area contributed by atoms with Crippen LogP contribution in [0.3, 0.4) is 0 Å². The molecule has 0 aliphatic carbocycles. The van der Waals surface area contributed by atoms with Crippen LogP contribution in [0.1, 0.15) is 12.5 Å². The fraction of sp³-hybridized carbons (Fsp3) is 0.364. The van der Waals surface area contributed by atoms with E-state index >= 15 is 0 Å². The lowest BCUT2D eigenvalue weighted by Gasteiger charge is -2.25. The van der Waals surface area contributed by atoms with Gasteiger partial charge in [-0.1, -0.05) is 12.1 Å². The van der Waals surface area contributed by atoms with Gasteiger partial charge in [0.05, 0.1) is 7.11 Å². The Labute approximate surface area is 101 Å². The second kappa shape index (κ2) is 3.92. The molecular weight excluding hydrogens is 222 g/mol. The van der Waals surface area contributed by atoms with E-state index in [-0.39, 0.29) is 5.66 Å². The minimum Gasteiger partial charge on any atom is -0.497 e. The molecule has 86 valence electrons. The highest BCUT2D eigenvalue weighted by Gasteiger charge is 2.35. The molecule has 0 bridgehead atoms. The van der Waals surface area contributed by atoms with Gasteiger partial charge in [-0.3, -0.25) is 5.01 Å². The van der Waals surface area contributed by atoms with Gasteiger partial charge < -0.3 is 10.1 Å². The molecular formula is C11H15N3OS. The van der Waals surface area contributed by atoms with Crippen molar-refractivity contribution in [2.24, 2.45) is 0 Å². The van der Waals surface area contributed by atoms with E-state index in [0.29, 0.717) is 5.11 Å². The van der Waals surface area contributed by atoms with Gasteiger partial charge in [0.15, 0.2) is 5.11 Å². The molecule has 1 aromatic rings. The van der Waals surface area contributed by atoms with E-state index in [9.17, 15) is 0 Å². The van der Waals surface area contributed by atoms with E-state index < -0.39 is 0 Å². The Morgan fingerprint density at radius 1 is 1.44 bits per heavy atom. The minimum atomic E-state index is -0.375. The standard InChI is InChI=1S/C11H15N3OS/c1-11(12-10(16)14(2)13-11)8-5-4-6-9(7-8)15-3/h4-7,13H,1-3H3,(H,12,16). The van der Waals surface area contributed by atoms with E-state index in [2.05, 4.69) is 10.7 Å². The van der Waals surface area contributed by atoms with Crippen LogP contribution in [0, 0.1) is 0 Å². The van der Waals surface area contributed by atoms with Gasteiger partial charge in [-0.05, 0) is 36.8 Å². The van der Waals surface area contributed by atoms with Crippen molar-refractivity contribution in [3.05, 3.63) is 29.8 Å². The lowest BCUT2D eigenvalue weighted by molar-refractivity contribution is 0.265. The van der Waals surface area contributed by atoms with Crippen molar-refractivity contribution in [1.29, 1.82) is 0 Å². The molecule has 2 N–H and O–H groups in total. The van der Waals surface area contributed by atoms with Crippen LogP contribution in [-0.4, -0.2) is 24.3 Å². The summed E-state index contributed by atoms with van der Waals surface area (Å²) < 4.78 is 5.21. The number of hydrogen-bond donors (Lipinski definition) is 2. The van der Waals surface area contributed by atoms with E-state index in [1.807, 2.05) is 38.2 Å². The Balaban J connectivity index is 2.33. The summed E-state index contributed by atoms with van der Waals surface area (Å²) in [6.07, 6.45) is 0. The third kappa shape index (κ3) is 1.83. The van der Waals surface area contributed by atoms with Crippen molar-refractivity contribution in [1.82, 2.24) is 15.8 Å². The Bertz CT molecular complexity index is 423. The van der Waals surface area contributed by atoms with Crippen LogP contribution in [0.5, 0.6) is 5.75 Å². The first kappa shape index (κ1) is 11.2. The van der Waals surface area contributed by atoms with E-state index in [0.717, 1.165) is 11.3 Å². The molecule has 0 radical (unpaired) electrons. The van der Waals surface area contributed by atoms with Crippen molar-refractivity contribution >= 4 is 17.3 Å². The van der Waals surface area contributed by atoms with Crippen LogP contribution in [0.2, 0.25) is 0 Å². The molecule has 2 rings (SSSR count). The molecule has 1 fully saturated rings. The summed E-state index contributed by atoms with van der Waals surface area (Å²) in [7, 11) is 3.55. The van der Waals surface area contributed by atoms with Crippen molar-refractivity contribution in [2.75, 3.05) is 14.2 Å². The number of benzene rings is 1. The maximum Gasteiger partial charge on any atom is 0.185 e. The Morgan fingerprint density at radius 3 is 2.75 bits per heavy atom. The zero-order valence-electron chi connectivity index (χ0n) is 9.57. The third-order valence-corrected chi connectivity index (χ3v) is 3.08. The van der Waals surface area contributed by atoms with E-state index in [1.165, 1.54) is 0 Å². The summed E-state index contributed by atoms with van der Waals surface area (Å²) in [6, 6.07) is 7.90. The summed E-state index contributed by atoms with van der Waals surface area (Å²) in [4.78, 5) is 0. The monoisotopic (exact) mass is 237 g/mol. The van der Waals surface area contributed by atoms with Gasteiger partial charge in [0.25, 0.3) is 0 Å². The Kier molecular flexibility index (Phi) is 2.73. The number of hydrazine groups is 1. The van der Waals surface area contributed by atoms with Crippen LogP contribution < -0.4 is 15.5 Å². The molecule has 1 aliphatic rings. The van der Waals surface area contributed by atoms with Crippen LogP contribution in [-0.2, 0) is 5.66 Å². The molecule has 4 nitrogen and oxygen atoms in total. The molecule has 0 spiro atoms. The van der Waals surface area contributed by atoms with E-state index in [1.54, 1.807) is 12.1 Å². The van der Waals surface area contributed by atoms with Gasteiger partial charge in [-0.15, -0.1) is 0 Å². The first-order valence-electron chi connectivity index (χ1n) is 5.03. The third-order valence-electron chi connectivity index (χ3n) is 2.70. The van der Waals surface area contributed by atoms with Gasteiger partial charge in [0, 0.05) is 7.05 Å². The summed E-state index contributed by atoms with van der Waals surface area (Å²) in [6.45, 7) is 2.04. The van der Waals surface area contributed by atoms with Gasteiger partial charge >= 0.3 is 0 Å². The average molecular weight is 237 g/mol. The summed E-state index contributed by atoms with van der Waals surface area (Å²) in [5.74, 6) is 0.836. The number of thiocarbonyl (C=S) groups is 1. The summed E-state index contributed by atoms with van der Waals surface area (Å²) in [5, 5.41) is 5.72. The first-order chi connectivity index (χ1) is 7.55. The number of rotatable bonds is 2. The fourth-order valence-electron chi connectivity index (χ4n) is 1.78. The maximum atomic E-state index is 5.21. The zero-order chi connectivity index (χ0) is 11.8. The molecule has 1 aromatic carbocycles. The molecule has 1 atom stereocenters. The maximum absolute atomic E-state index is 5.21. The largest absolute Gasteiger partial charge is 0.497 e. The highest BCUT2D eigenvalue weighted by atomic mass is 32.1. The Hall–Kier alpha value is -1.33. The van der Waals surface area contributed by atoms with Crippen molar-refractivity contribution < 1.29 is 4.74 Å². The normalized spacial score (nSPS) is 24.4. The van der Waals surface area contributed by atoms with Crippen LogP contribution in [0.15, 0.2) is 24.3 Å². The predicted octanol–water partition coefficient (Wildman–Crippen LogP) is 1.19. The number of nitrogens with one attached hydrogen (secondary N) is 2. The second-order valence-corrected chi connectivity index (χ2v) is 4.34. The first-order valence-corrected chi connectivity index (χ1v) is 5.44. The molecule has 1 aliphatic heterocycles. The van der Waals surface area contributed by atoms with Crippen molar-refractivity contribution in [2.45, 2.75) is 12.6 Å². The SMILES string of the molecule is COc1cccc(C2(C)NC(=S)N(C)N2)c1. The lowest BCUT2D eigenvalue weighted by atomic mass is 10.0. The van der Waals surface area contributed by atoms with E-state index in [4.69, 9.17) is 17.0 Å². The summed E-state index contributed by atoms with van der Waals surface area (Å²) in [5.41, 5.74) is 3.98. The molecule has 1 heterocycles. The topological polar surface area (TPSA) is 36.5 Å². The Morgan fingerprint density at radius 2 is 2.19 bits per heavy atom. The van der Waals surface area contributed by atoms with Gasteiger partial charge in [0.2, 0.25) is 0 Å². The molecule has 5 heteroatoms. The number of ether oxygens (including phenoxy) is 1. The number of hydrogen-bond acceptors (Lipinski definition) is 3. The smallest absolute Gasteiger partial charge is 0.185 e. The minimum absolute atomic E-state index is 0.375. The molecule has 0 saturated carbocycles. The van der Waals surface area contributed by atoms with Crippen LogP contribution in [0.25, 0.3) is 0 Å². The highest BCUT2D eigenvalue weighted by molar-refractivity contribution is 7.80. The molecule has 1 unspecified atom stereocenters. The van der Waals surface area contributed by atoms with Crippen LogP contribution >= 0.6 is 12.2 Å². The second-order valence-electron chi connectivity index (χ2n) is 3.96. The molecule has 16 heavy (non-hydrogen) atoms. The number of nitrogens with zero attached hydrogens (tertiary/aromatic N) is 1. The molecule has 0 amide bonds. The fourth-order valence-corrected chi connectivity index (χ4v) is 2.03. The zero-order valence-corrected chi connectivity index (χ0v) is 10.4. The van der Waals surface area contributed by atoms with Crippen molar-refractivity contribution in [3.8, 4) is 5.75 Å². The van der Waals surface area contributed by atoms with Gasteiger partial charge in [-0.2, -0.15) is 0 Å². The van der Waals surface area contributed by atoms with Crippen LogP contribution in [0.4, 0.5) is 0 Å². The highest BCUT2D eigenvalue weighted by Crippen LogP contribution is 2.25. The van der Waals surface area contributed by atoms with Gasteiger partial charge in [-0.25, -0.2) is 5.43 Å². The predicted molar refractivity (Wildman–Crippen MR) is 67.0 cm³/mol. The van der Waals surface area contributed by atoms with Crippen molar-refractivity contribution in [3.63, 3.8) is 0 Å². The molecule has 1 saturated heterocycles.